The minimum Gasteiger partial charge on any atom is -0.345 e. The van der Waals surface area contributed by atoms with E-state index in [1.54, 1.807) is 0 Å². The van der Waals surface area contributed by atoms with Gasteiger partial charge >= 0.3 is 0 Å². The molecule has 1 N–H and O–H groups in total. The predicted octanol–water partition coefficient (Wildman–Crippen LogP) is 4.74. The van der Waals surface area contributed by atoms with Crippen molar-refractivity contribution >= 4 is 29.3 Å². The summed E-state index contributed by atoms with van der Waals surface area (Å²) in [6, 6.07) is 19.4. The molecule has 2 aromatic rings. The lowest BCUT2D eigenvalue weighted by Crippen LogP contribution is -2.27. The lowest BCUT2D eigenvalue weighted by molar-refractivity contribution is -0.117. The van der Waals surface area contributed by atoms with Crippen LogP contribution >= 0.6 is 23.4 Å². The molecule has 4 heteroatoms. The molecule has 0 fully saturated rings. The van der Waals surface area contributed by atoms with Crippen LogP contribution in [0.2, 0.25) is 0 Å². The number of carbonyl (C=O) groups is 1. The van der Waals surface area contributed by atoms with Crippen LogP contribution in [0.4, 0.5) is 0 Å². The number of amides is 1. The summed E-state index contributed by atoms with van der Waals surface area (Å²) < 4.78 is 0. The molecule has 0 aliphatic heterocycles. The highest BCUT2D eigenvalue weighted by molar-refractivity contribution is 8.04. The fraction of sp³-hybridized carbons (Fsp3) is 0.118. The Kier molecular flexibility index (Phi) is 5.90. The zero-order chi connectivity index (χ0) is 15.1. The van der Waals surface area contributed by atoms with E-state index in [4.69, 9.17) is 11.6 Å². The van der Waals surface area contributed by atoms with Crippen molar-refractivity contribution in [2.24, 2.45) is 0 Å². The fourth-order valence-corrected chi connectivity index (χ4v) is 2.80. The summed E-state index contributed by atoms with van der Waals surface area (Å²) in [4.78, 5) is 13.7. The molecule has 1 amide bonds. The third-order valence-electron chi connectivity index (χ3n) is 2.94. The summed E-state index contributed by atoms with van der Waals surface area (Å²) in [5.41, 5.74) is 2.38. The third kappa shape index (κ3) is 4.66. The van der Waals surface area contributed by atoms with Gasteiger partial charge in [-0.25, -0.2) is 0 Å². The third-order valence-corrected chi connectivity index (χ3v) is 4.32. The first-order valence-corrected chi connectivity index (χ1v) is 7.85. The SMILES string of the molecule is C[C@H](NC(=O)/C(=C\Cl)Sc1ccccc1)c1ccccc1. The van der Waals surface area contributed by atoms with Gasteiger partial charge in [0.25, 0.3) is 5.91 Å². The van der Waals surface area contributed by atoms with E-state index < -0.39 is 0 Å². The van der Waals surface area contributed by atoms with Gasteiger partial charge in [-0.05, 0) is 24.6 Å². The Balaban J connectivity index is 2.01. The smallest absolute Gasteiger partial charge is 0.259 e. The van der Waals surface area contributed by atoms with E-state index in [0.717, 1.165) is 10.5 Å². The summed E-state index contributed by atoms with van der Waals surface area (Å²) >= 11 is 7.15. The highest BCUT2D eigenvalue weighted by atomic mass is 35.5. The molecule has 0 saturated heterocycles. The lowest BCUT2D eigenvalue weighted by Gasteiger charge is -2.15. The Bertz CT molecular complexity index is 613. The highest BCUT2D eigenvalue weighted by Crippen LogP contribution is 2.27. The molecule has 0 spiro atoms. The maximum Gasteiger partial charge on any atom is 0.259 e. The van der Waals surface area contributed by atoms with E-state index in [2.05, 4.69) is 5.32 Å². The van der Waals surface area contributed by atoms with Gasteiger partial charge in [0.2, 0.25) is 0 Å². The number of nitrogens with one attached hydrogen (secondary N) is 1. The molecule has 0 heterocycles. The van der Waals surface area contributed by atoms with Crippen molar-refractivity contribution in [1.29, 1.82) is 0 Å². The van der Waals surface area contributed by atoms with Crippen LogP contribution in [0.1, 0.15) is 18.5 Å². The van der Waals surface area contributed by atoms with Crippen LogP contribution in [0.15, 0.2) is 76.0 Å². The van der Waals surface area contributed by atoms with Gasteiger partial charge in [0.1, 0.15) is 0 Å². The molecule has 2 aromatic carbocycles. The average Bonchev–Trinajstić information content (AvgIpc) is 2.54. The Morgan fingerprint density at radius 2 is 1.67 bits per heavy atom. The zero-order valence-electron chi connectivity index (χ0n) is 11.6. The van der Waals surface area contributed by atoms with Crippen molar-refractivity contribution in [1.82, 2.24) is 5.32 Å². The highest BCUT2D eigenvalue weighted by Gasteiger charge is 2.14. The quantitative estimate of drug-likeness (QED) is 0.637. The van der Waals surface area contributed by atoms with Crippen molar-refractivity contribution in [3.05, 3.63) is 76.7 Å². The lowest BCUT2D eigenvalue weighted by atomic mass is 10.1. The van der Waals surface area contributed by atoms with Crippen LogP contribution < -0.4 is 5.32 Å². The summed E-state index contributed by atoms with van der Waals surface area (Å²) in [5, 5.41) is 2.95. The Labute approximate surface area is 134 Å². The number of benzene rings is 2. The van der Waals surface area contributed by atoms with Crippen LogP contribution in [0.5, 0.6) is 0 Å². The molecule has 0 radical (unpaired) electrons. The zero-order valence-corrected chi connectivity index (χ0v) is 13.2. The first kappa shape index (κ1) is 15.7. The molecule has 108 valence electrons. The number of thioether (sulfide) groups is 1. The number of hydrogen-bond donors (Lipinski definition) is 1. The average molecular weight is 318 g/mol. The molecule has 2 rings (SSSR count). The second-order valence-electron chi connectivity index (χ2n) is 4.49. The first-order chi connectivity index (χ1) is 10.2. The van der Waals surface area contributed by atoms with Gasteiger partial charge in [0, 0.05) is 10.4 Å². The van der Waals surface area contributed by atoms with Crippen molar-refractivity contribution in [2.75, 3.05) is 0 Å². The van der Waals surface area contributed by atoms with Crippen molar-refractivity contribution < 1.29 is 4.79 Å². The van der Waals surface area contributed by atoms with Crippen molar-refractivity contribution in [3.63, 3.8) is 0 Å². The van der Waals surface area contributed by atoms with Crippen LogP contribution in [0, 0.1) is 0 Å². The number of rotatable bonds is 5. The van der Waals surface area contributed by atoms with Crippen molar-refractivity contribution in [2.45, 2.75) is 17.9 Å². The maximum absolute atomic E-state index is 12.3. The molecule has 0 aromatic heterocycles. The molecule has 0 aliphatic rings. The standard InChI is InChI=1S/C17H16ClNOS/c1-13(14-8-4-2-5-9-14)19-17(20)16(12-18)21-15-10-6-3-7-11-15/h2-13H,1H3,(H,19,20)/b16-12+/t13-/m0/s1. The van der Waals surface area contributed by atoms with Gasteiger partial charge in [-0.2, -0.15) is 0 Å². The van der Waals surface area contributed by atoms with Gasteiger partial charge < -0.3 is 5.32 Å². The second-order valence-corrected chi connectivity index (χ2v) is 5.83. The van der Waals surface area contributed by atoms with Gasteiger partial charge in [0.15, 0.2) is 0 Å². The summed E-state index contributed by atoms with van der Waals surface area (Å²) in [7, 11) is 0. The Morgan fingerprint density at radius 3 is 2.24 bits per heavy atom. The molecule has 0 unspecified atom stereocenters. The van der Waals surface area contributed by atoms with E-state index in [1.165, 1.54) is 17.3 Å². The molecule has 1 atom stereocenters. The number of halogens is 1. The van der Waals surface area contributed by atoms with E-state index in [1.807, 2.05) is 67.6 Å². The molecule has 0 saturated carbocycles. The maximum atomic E-state index is 12.3. The van der Waals surface area contributed by atoms with E-state index in [-0.39, 0.29) is 11.9 Å². The number of carbonyl (C=O) groups excluding carboxylic acids is 1. The minimum atomic E-state index is -0.171. The van der Waals surface area contributed by atoms with Gasteiger partial charge in [-0.3, -0.25) is 4.79 Å². The van der Waals surface area contributed by atoms with Gasteiger partial charge in [-0.1, -0.05) is 71.9 Å². The largest absolute Gasteiger partial charge is 0.345 e. The molecular weight excluding hydrogens is 302 g/mol. The van der Waals surface area contributed by atoms with E-state index >= 15 is 0 Å². The molecule has 0 bridgehead atoms. The van der Waals surface area contributed by atoms with E-state index in [9.17, 15) is 4.79 Å². The minimum absolute atomic E-state index is 0.0679. The predicted molar refractivity (Wildman–Crippen MR) is 89.2 cm³/mol. The van der Waals surface area contributed by atoms with Crippen LogP contribution in [0.25, 0.3) is 0 Å². The van der Waals surface area contributed by atoms with Crippen LogP contribution in [0.3, 0.4) is 0 Å². The fourth-order valence-electron chi connectivity index (χ4n) is 1.83. The Morgan fingerprint density at radius 1 is 1.10 bits per heavy atom. The summed E-state index contributed by atoms with van der Waals surface area (Å²) in [6.07, 6.45) is 0. The first-order valence-electron chi connectivity index (χ1n) is 6.60. The summed E-state index contributed by atoms with van der Waals surface area (Å²) in [6.45, 7) is 1.95. The summed E-state index contributed by atoms with van der Waals surface area (Å²) in [5.74, 6) is -0.171. The molecule has 2 nitrogen and oxygen atoms in total. The Hall–Kier alpha value is -1.71. The van der Waals surface area contributed by atoms with E-state index in [0.29, 0.717) is 4.91 Å². The normalized spacial score (nSPS) is 12.8. The van der Waals surface area contributed by atoms with Crippen LogP contribution in [-0.2, 0) is 4.79 Å². The second kappa shape index (κ2) is 7.91. The molecular formula is C17H16ClNOS. The van der Waals surface area contributed by atoms with Gasteiger partial charge in [0.05, 0.1) is 10.9 Å². The monoisotopic (exact) mass is 317 g/mol. The van der Waals surface area contributed by atoms with Crippen LogP contribution in [-0.4, -0.2) is 5.91 Å². The number of hydrogen-bond acceptors (Lipinski definition) is 2. The van der Waals surface area contributed by atoms with Gasteiger partial charge in [-0.15, -0.1) is 0 Å². The molecule has 0 aliphatic carbocycles. The topological polar surface area (TPSA) is 29.1 Å². The van der Waals surface area contributed by atoms with Crippen molar-refractivity contribution in [3.8, 4) is 0 Å². The molecule has 21 heavy (non-hydrogen) atoms.